The van der Waals surface area contributed by atoms with Crippen molar-refractivity contribution in [2.75, 3.05) is 26.2 Å². The van der Waals surface area contributed by atoms with Crippen LogP contribution in [0.25, 0.3) is 0 Å². The van der Waals surface area contributed by atoms with E-state index in [1.807, 2.05) is 6.92 Å². The highest BCUT2D eigenvalue weighted by Gasteiger charge is 2.34. The summed E-state index contributed by atoms with van der Waals surface area (Å²) in [6.07, 6.45) is 1.49. The maximum atomic E-state index is 12.9. The minimum absolute atomic E-state index is 0.0618. The number of piperazine rings is 1. The smallest absolute Gasteiger partial charge is 0.253 e. The van der Waals surface area contributed by atoms with Crippen LogP contribution in [-0.2, 0) is 4.79 Å². The van der Waals surface area contributed by atoms with E-state index in [-0.39, 0.29) is 17.6 Å². The van der Waals surface area contributed by atoms with Gasteiger partial charge in [0, 0.05) is 31.7 Å². The average Bonchev–Trinajstić information content (AvgIpc) is 2.54. The lowest BCUT2D eigenvalue weighted by atomic mass is 9.95. The number of carbonyl (C=O) groups excluding carboxylic acids is 2. The summed E-state index contributed by atoms with van der Waals surface area (Å²) in [6, 6.07) is 5.51. The molecule has 0 spiro atoms. The Balaban J connectivity index is 1.94. The SMILES string of the molecule is CCCC(C)(N)C(=O)N1CCN(C(=O)c2ccc(F)cc2)CC1. The van der Waals surface area contributed by atoms with E-state index in [2.05, 4.69) is 0 Å². The fourth-order valence-electron chi connectivity index (χ4n) is 2.88. The van der Waals surface area contributed by atoms with Crippen molar-refractivity contribution >= 4 is 11.8 Å². The highest BCUT2D eigenvalue weighted by atomic mass is 19.1. The Kier molecular flexibility index (Phi) is 5.36. The van der Waals surface area contributed by atoms with Crippen LogP contribution in [0.5, 0.6) is 0 Å². The maximum absolute atomic E-state index is 12.9. The second kappa shape index (κ2) is 7.08. The molecule has 1 fully saturated rings. The maximum Gasteiger partial charge on any atom is 0.253 e. The topological polar surface area (TPSA) is 66.6 Å². The molecule has 1 aliphatic rings. The molecule has 5 nitrogen and oxygen atoms in total. The van der Waals surface area contributed by atoms with Crippen molar-refractivity contribution in [1.82, 2.24) is 9.80 Å². The molecule has 2 N–H and O–H groups in total. The van der Waals surface area contributed by atoms with Crippen LogP contribution in [0.15, 0.2) is 24.3 Å². The molecule has 1 aromatic carbocycles. The molecule has 2 rings (SSSR count). The Morgan fingerprint density at radius 1 is 1.13 bits per heavy atom. The molecule has 0 radical (unpaired) electrons. The number of benzene rings is 1. The van der Waals surface area contributed by atoms with Crippen LogP contribution in [0.4, 0.5) is 4.39 Å². The predicted molar refractivity (Wildman–Crippen MR) is 86.4 cm³/mol. The van der Waals surface area contributed by atoms with Gasteiger partial charge in [0.25, 0.3) is 5.91 Å². The van der Waals surface area contributed by atoms with Crippen molar-refractivity contribution in [2.24, 2.45) is 5.73 Å². The van der Waals surface area contributed by atoms with Crippen LogP contribution >= 0.6 is 0 Å². The van der Waals surface area contributed by atoms with Crippen molar-refractivity contribution in [3.8, 4) is 0 Å². The first-order valence-corrected chi connectivity index (χ1v) is 7.98. The van der Waals surface area contributed by atoms with E-state index < -0.39 is 5.54 Å². The zero-order valence-electron chi connectivity index (χ0n) is 13.7. The first-order valence-electron chi connectivity index (χ1n) is 7.98. The molecule has 0 bridgehead atoms. The minimum atomic E-state index is -0.849. The summed E-state index contributed by atoms with van der Waals surface area (Å²) in [5, 5.41) is 0. The van der Waals surface area contributed by atoms with Gasteiger partial charge in [-0.25, -0.2) is 4.39 Å². The summed E-state index contributed by atoms with van der Waals surface area (Å²) in [4.78, 5) is 28.2. The molecular weight excluding hydrogens is 297 g/mol. The molecule has 1 aromatic rings. The Morgan fingerprint density at radius 2 is 1.65 bits per heavy atom. The number of hydrogen-bond acceptors (Lipinski definition) is 3. The fourth-order valence-corrected chi connectivity index (χ4v) is 2.88. The largest absolute Gasteiger partial charge is 0.338 e. The number of hydrogen-bond donors (Lipinski definition) is 1. The Hall–Kier alpha value is -1.95. The van der Waals surface area contributed by atoms with E-state index in [0.29, 0.717) is 38.2 Å². The number of rotatable bonds is 4. The van der Waals surface area contributed by atoms with Gasteiger partial charge in [-0.05, 0) is 37.6 Å². The molecule has 1 atom stereocenters. The van der Waals surface area contributed by atoms with E-state index in [0.717, 1.165) is 6.42 Å². The summed E-state index contributed by atoms with van der Waals surface area (Å²) < 4.78 is 12.9. The van der Waals surface area contributed by atoms with Crippen LogP contribution in [-0.4, -0.2) is 53.3 Å². The average molecular weight is 321 g/mol. The van der Waals surface area contributed by atoms with E-state index in [1.165, 1.54) is 24.3 Å². The predicted octanol–water partition coefficient (Wildman–Crippen LogP) is 1.63. The normalized spacial score (nSPS) is 17.7. The molecule has 0 aliphatic carbocycles. The second-order valence-electron chi connectivity index (χ2n) is 6.26. The molecule has 0 aromatic heterocycles. The van der Waals surface area contributed by atoms with Crippen LogP contribution in [0.1, 0.15) is 37.0 Å². The van der Waals surface area contributed by atoms with Gasteiger partial charge < -0.3 is 15.5 Å². The van der Waals surface area contributed by atoms with Crippen molar-refractivity contribution in [3.63, 3.8) is 0 Å². The Morgan fingerprint density at radius 3 is 2.17 bits per heavy atom. The molecular formula is C17H24FN3O2. The van der Waals surface area contributed by atoms with E-state index in [1.54, 1.807) is 16.7 Å². The zero-order chi connectivity index (χ0) is 17.0. The summed E-state index contributed by atoms with van der Waals surface area (Å²) >= 11 is 0. The lowest BCUT2D eigenvalue weighted by molar-refractivity contribution is -0.138. The molecule has 23 heavy (non-hydrogen) atoms. The van der Waals surface area contributed by atoms with E-state index in [4.69, 9.17) is 5.73 Å². The van der Waals surface area contributed by atoms with Gasteiger partial charge in [-0.2, -0.15) is 0 Å². The van der Waals surface area contributed by atoms with Crippen LogP contribution in [0, 0.1) is 5.82 Å². The van der Waals surface area contributed by atoms with Gasteiger partial charge in [-0.1, -0.05) is 13.3 Å². The molecule has 126 valence electrons. The zero-order valence-corrected chi connectivity index (χ0v) is 13.7. The third kappa shape index (κ3) is 4.07. The molecule has 1 saturated heterocycles. The van der Waals surface area contributed by atoms with Crippen LogP contribution in [0.2, 0.25) is 0 Å². The van der Waals surface area contributed by atoms with Crippen molar-refractivity contribution in [2.45, 2.75) is 32.2 Å². The number of carbonyl (C=O) groups is 2. The van der Waals surface area contributed by atoms with Crippen molar-refractivity contribution in [1.29, 1.82) is 0 Å². The van der Waals surface area contributed by atoms with Gasteiger partial charge in [0.05, 0.1) is 5.54 Å². The number of nitrogens with zero attached hydrogens (tertiary/aromatic N) is 2. The molecule has 1 unspecified atom stereocenters. The molecule has 1 heterocycles. The summed E-state index contributed by atoms with van der Waals surface area (Å²) in [7, 11) is 0. The lowest BCUT2D eigenvalue weighted by Gasteiger charge is -2.38. The van der Waals surface area contributed by atoms with Gasteiger partial charge >= 0.3 is 0 Å². The first-order chi connectivity index (χ1) is 10.8. The third-order valence-corrected chi connectivity index (χ3v) is 4.20. The third-order valence-electron chi connectivity index (χ3n) is 4.20. The first kappa shape index (κ1) is 17.4. The van der Waals surface area contributed by atoms with Gasteiger partial charge in [-0.3, -0.25) is 9.59 Å². The molecule has 0 saturated carbocycles. The number of nitrogens with two attached hydrogens (primary N) is 1. The number of amides is 2. The van der Waals surface area contributed by atoms with E-state index in [9.17, 15) is 14.0 Å². The summed E-state index contributed by atoms with van der Waals surface area (Å²) in [5.74, 6) is -0.565. The van der Waals surface area contributed by atoms with E-state index >= 15 is 0 Å². The minimum Gasteiger partial charge on any atom is -0.338 e. The molecule has 1 aliphatic heterocycles. The standard InChI is InChI=1S/C17H24FN3O2/c1-3-8-17(2,19)16(23)21-11-9-20(10-12-21)15(22)13-4-6-14(18)7-5-13/h4-7H,3,8-12,19H2,1-2H3. The fraction of sp³-hybridized carbons (Fsp3) is 0.529. The Bertz CT molecular complexity index is 564. The van der Waals surface area contributed by atoms with Gasteiger partial charge in [0.2, 0.25) is 5.91 Å². The van der Waals surface area contributed by atoms with Crippen LogP contribution in [0.3, 0.4) is 0 Å². The second-order valence-corrected chi connectivity index (χ2v) is 6.26. The molecule has 6 heteroatoms. The van der Waals surface area contributed by atoms with Gasteiger partial charge in [0.15, 0.2) is 0 Å². The highest BCUT2D eigenvalue weighted by Crippen LogP contribution is 2.16. The quantitative estimate of drug-likeness (QED) is 0.916. The van der Waals surface area contributed by atoms with Gasteiger partial charge in [0.1, 0.15) is 5.82 Å². The van der Waals surface area contributed by atoms with Crippen molar-refractivity contribution < 1.29 is 14.0 Å². The molecule has 2 amide bonds. The summed E-state index contributed by atoms with van der Waals surface area (Å²) in [6.45, 7) is 5.63. The summed E-state index contributed by atoms with van der Waals surface area (Å²) in [5.41, 5.74) is 5.70. The number of halogens is 1. The highest BCUT2D eigenvalue weighted by molar-refractivity contribution is 5.94. The Labute approximate surface area is 136 Å². The monoisotopic (exact) mass is 321 g/mol. The lowest BCUT2D eigenvalue weighted by Crippen LogP contribution is -2.58. The van der Waals surface area contributed by atoms with Crippen molar-refractivity contribution in [3.05, 3.63) is 35.6 Å². The van der Waals surface area contributed by atoms with Gasteiger partial charge in [-0.15, -0.1) is 0 Å². The van der Waals surface area contributed by atoms with Crippen LogP contribution < -0.4 is 5.73 Å².